The number of carboxylic acid groups (broad SMARTS) is 1. The lowest BCUT2D eigenvalue weighted by Gasteiger charge is -2.08. The van der Waals surface area contributed by atoms with Gasteiger partial charge in [-0.05, 0) is 42.0 Å². The minimum Gasteiger partial charge on any atom is -0.478 e. The second kappa shape index (κ2) is 7.53. The van der Waals surface area contributed by atoms with Gasteiger partial charge in [-0.2, -0.15) is 13.2 Å². The molecule has 1 N–H and O–H groups in total. The summed E-state index contributed by atoms with van der Waals surface area (Å²) in [6, 6.07) is 17.2. The van der Waals surface area contributed by atoms with Gasteiger partial charge in [-0.15, -0.1) is 0 Å². The molecule has 0 aliphatic carbocycles. The van der Waals surface area contributed by atoms with Gasteiger partial charge in [-0.3, -0.25) is 0 Å². The van der Waals surface area contributed by atoms with Gasteiger partial charge in [0.15, 0.2) is 5.16 Å². The van der Waals surface area contributed by atoms with Crippen molar-refractivity contribution in [2.24, 2.45) is 7.05 Å². The van der Waals surface area contributed by atoms with Gasteiger partial charge in [-0.1, -0.05) is 42.1 Å². The molecule has 0 unspecified atom stereocenters. The Hall–Kier alpha value is -3.26. The van der Waals surface area contributed by atoms with Crippen LogP contribution in [0.5, 0.6) is 0 Å². The summed E-state index contributed by atoms with van der Waals surface area (Å²) in [5.41, 5.74) is 2.35. The third kappa shape index (κ3) is 3.78. The molecule has 0 radical (unpaired) electrons. The van der Waals surface area contributed by atoms with Crippen molar-refractivity contribution < 1.29 is 23.1 Å². The van der Waals surface area contributed by atoms with Crippen molar-refractivity contribution in [2.75, 3.05) is 0 Å². The Bertz CT molecular complexity index is 1260. The maximum atomic E-state index is 13.0. The van der Waals surface area contributed by atoms with Crippen molar-refractivity contribution in [3.8, 4) is 11.1 Å². The number of benzene rings is 3. The summed E-state index contributed by atoms with van der Waals surface area (Å²) >= 11 is 1.14. The molecule has 1 aromatic heterocycles. The standard InChI is InChI=1S/C22H15F3N2O2S/c1-27-18-10-4-9-17(13-5-2-6-14(11-13)20(28)29)19(18)26-21(27)30-16-8-3-7-15(12-16)22(23,24)25/h2-12H,1H3,(H,28,29). The fourth-order valence-corrected chi connectivity index (χ4v) is 4.09. The molecule has 3 aromatic carbocycles. The molecule has 4 nitrogen and oxygen atoms in total. The third-order valence-corrected chi connectivity index (χ3v) is 5.70. The number of halogens is 3. The van der Waals surface area contributed by atoms with Gasteiger partial charge < -0.3 is 9.67 Å². The molecule has 0 bridgehead atoms. The van der Waals surface area contributed by atoms with E-state index in [0.29, 0.717) is 21.1 Å². The van der Waals surface area contributed by atoms with E-state index in [9.17, 15) is 23.1 Å². The Labute approximate surface area is 174 Å². The van der Waals surface area contributed by atoms with E-state index >= 15 is 0 Å². The van der Waals surface area contributed by atoms with Gasteiger partial charge >= 0.3 is 12.1 Å². The number of carbonyl (C=O) groups is 1. The van der Waals surface area contributed by atoms with Crippen molar-refractivity contribution in [2.45, 2.75) is 16.2 Å². The molecule has 0 aliphatic heterocycles. The van der Waals surface area contributed by atoms with E-state index in [2.05, 4.69) is 4.98 Å². The number of nitrogens with zero attached hydrogens (tertiary/aromatic N) is 2. The Morgan fingerprint density at radius 2 is 1.77 bits per heavy atom. The molecule has 0 fully saturated rings. The molecule has 4 rings (SSSR count). The molecule has 1 heterocycles. The van der Waals surface area contributed by atoms with Crippen molar-refractivity contribution in [1.82, 2.24) is 9.55 Å². The average molecular weight is 428 g/mol. The van der Waals surface area contributed by atoms with E-state index in [1.54, 1.807) is 31.3 Å². The zero-order chi connectivity index (χ0) is 21.5. The van der Waals surface area contributed by atoms with Crippen LogP contribution in [0, 0.1) is 0 Å². The van der Waals surface area contributed by atoms with Crippen LogP contribution in [-0.2, 0) is 13.2 Å². The summed E-state index contributed by atoms with van der Waals surface area (Å²) in [5.74, 6) is -1.02. The minimum absolute atomic E-state index is 0.166. The predicted octanol–water partition coefficient (Wildman–Crippen LogP) is 6.11. The highest BCUT2D eigenvalue weighted by Gasteiger charge is 2.30. The maximum absolute atomic E-state index is 13.0. The van der Waals surface area contributed by atoms with Crippen LogP contribution in [0.4, 0.5) is 13.2 Å². The van der Waals surface area contributed by atoms with Crippen LogP contribution in [0.3, 0.4) is 0 Å². The Morgan fingerprint density at radius 1 is 1.03 bits per heavy atom. The predicted molar refractivity (Wildman–Crippen MR) is 109 cm³/mol. The second-order valence-corrected chi connectivity index (χ2v) is 7.68. The highest BCUT2D eigenvalue weighted by Crippen LogP contribution is 2.36. The van der Waals surface area contributed by atoms with Crippen LogP contribution in [0.15, 0.2) is 76.8 Å². The minimum atomic E-state index is -4.41. The number of imidazole rings is 1. The number of hydrogen-bond donors (Lipinski definition) is 1. The van der Waals surface area contributed by atoms with Gasteiger partial charge in [0.2, 0.25) is 0 Å². The van der Waals surface area contributed by atoms with Crippen LogP contribution in [-0.4, -0.2) is 20.6 Å². The molecule has 0 saturated heterocycles. The fraction of sp³-hybridized carbons (Fsp3) is 0.0909. The third-order valence-electron chi connectivity index (χ3n) is 4.66. The van der Waals surface area contributed by atoms with Crippen LogP contribution < -0.4 is 0 Å². The molecule has 0 saturated carbocycles. The van der Waals surface area contributed by atoms with Crippen LogP contribution >= 0.6 is 11.8 Å². The Balaban J connectivity index is 1.78. The molecule has 0 atom stereocenters. The summed E-state index contributed by atoms with van der Waals surface area (Å²) in [6.07, 6.45) is -4.41. The zero-order valence-corrected chi connectivity index (χ0v) is 16.5. The number of carboxylic acids is 1. The summed E-state index contributed by atoms with van der Waals surface area (Å²) in [6.45, 7) is 0. The number of aryl methyl sites for hydroxylation is 1. The molecular weight excluding hydrogens is 413 g/mol. The number of aromatic carboxylic acids is 1. The largest absolute Gasteiger partial charge is 0.478 e. The van der Waals surface area contributed by atoms with Crippen molar-refractivity contribution in [3.63, 3.8) is 0 Å². The number of para-hydroxylation sites is 1. The lowest BCUT2D eigenvalue weighted by atomic mass is 10.0. The zero-order valence-electron chi connectivity index (χ0n) is 15.6. The summed E-state index contributed by atoms with van der Waals surface area (Å²) in [4.78, 5) is 16.4. The average Bonchev–Trinajstić information content (AvgIpc) is 3.03. The van der Waals surface area contributed by atoms with Gasteiger partial charge in [0.25, 0.3) is 0 Å². The second-order valence-electron chi connectivity index (χ2n) is 6.64. The van der Waals surface area contributed by atoms with Crippen LogP contribution in [0.2, 0.25) is 0 Å². The number of aromatic nitrogens is 2. The van der Waals surface area contributed by atoms with Crippen LogP contribution in [0.1, 0.15) is 15.9 Å². The lowest BCUT2D eigenvalue weighted by molar-refractivity contribution is -0.137. The van der Waals surface area contributed by atoms with Gasteiger partial charge in [0.05, 0.1) is 22.2 Å². The normalized spacial score (nSPS) is 11.7. The van der Waals surface area contributed by atoms with Gasteiger partial charge in [-0.25, -0.2) is 9.78 Å². The first kappa shape index (κ1) is 20.0. The fourth-order valence-electron chi connectivity index (χ4n) is 3.18. The first-order chi connectivity index (χ1) is 14.2. The molecular formula is C22H15F3N2O2S. The number of hydrogen-bond acceptors (Lipinski definition) is 3. The topological polar surface area (TPSA) is 55.1 Å². The quantitative estimate of drug-likeness (QED) is 0.426. The molecule has 0 aliphatic rings. The highest BCUT2D eigenvalue weighted by atomic mass is 32.2. The van der Waals surface area contributed by atoms with Crippen LogP contribution in [0.25, 0.3) is 22.2 Å². The number of rotatable bonds is 4. The molecule has 30 heavy (non-hydrogen) atoms. The molecule has 4 aromatic rings. The first-order valence-corrected chi connectivity index (χ1v) is 9.70. The first-order valence-electron chi connectivity index (χ1n) is 8.88. The molecule has 0 amide bonds. The van der Waals surface area contributed by atoms with E-state index in [1.807, 2.05) is 22.8 Å². The Morgan fingerprint density at radius 3 is 2.50 bits per heavy atom. The van der Waals surface area contributed by atoms with E-state index in [0.717, 1.165) is 35.0 Å². The SMILES string of the molecule is Cn1c(Sc2cccc(C(F)(F)F)c2)nc2c(-c3cccc(C(=O)O)c3)cccc21. The summed E-state index contributed by atoms with van der Waals surface area (Å²) < 4.78 is 40.8. The summed E-state index contributed by atoms with van der Waals surface area (Å²) in [5, 5.41) is 9.79. The highest BCUT2D eigenvalue weighted by molar-refractivity contribution is 7.99. The number of alkyl halides is 3. The monoisotopic (exact) mass is 428 g/mol. The molecule has 8 heteroatoms. The van der Waals surface area contributed by atoms with E-state index in [1.165, 1.54) is 12.1 Å². The molecule has 0 spiro atoms. The Kier molecular flexibility index (Phi) is 5.03. The molecule has 152 valence electrons. The number of fused-ring (bicyclic) bond motifs is 1. The van der Waals surface area contributed by atoms with E-state index < -0.39 is 17.7 Å². The van der Waals surface area contributed by atoms with E-state index in [-0.39, 0.29) is 5.56 Å². The van der Waals surface area contributed by atoms with E-state index in [4.69, 9.17) is 0 Å². The lowest BCUT2D eigenvalue weighted by Crippen LogP contribution is -2.04. The van der Waals surface area contributed by atoms with Crippen molar-refractivity contribution in [1.29, 1.82) is 0 Å². The summed E-state index contributed by atoms with van der Waals surface area (Å²) in [7, 11) is 1.79. The maximum Gasteiger partial charge on any atom is 0.416 e. The smallest absolute Gasteiger partial charge is 0.416 e. The van der Waals surface area contributed by atoms with Gasteiger partial charge in [0, 0.05) is 17.5 Å². The van der Waals surface area contributed by atoms with Gasteiger partial charge in [0.1, 0.15) is 0 Å². The van der Waals surface area contributed by atoms with Crippen molar-refractivity contribution in [3.05, 3.63) is 77.9 Å². The van der Waals surface area contributed by atoms with Crippen molar-refractivity contribution >= 4 is 28.8 Å².